The highest BCUT2D eigenvalue weighted by Gasteiger charge is 2.49. The van der Waals surface area contributed by atoms with E-state index in [1.54, 1.807) is 0 Å². The summed E-state index contributed by atoms with van der Waals surface area (Å²) in [5, 5.41) is 0. The normalized spacial score (nSPS) is 27.7. The van der Waals surface area contributed by atoms with E-state index >= 15 is 0 Å². The number of ether oxygens (including phenoxy) is 1. The van der Waals surface area contributed by atoms with Crippen molar-refractivity contribution in [2.24, 2.45) is 5.92 Å². The van der Waals surface area contributed by atoms with Gasteiger partial charge in [0.15, 0.2) is 0 Å². The van der Waals surface area contributed by atoms with E-state index in [0.717, 1.165) is 51.5 Å². The average Bonchev–Trinajstić information content (AvgIpc) is 3.33. The maximum atomic E-state index is 6.18. The summed E-state index contributed by atoms with van der Waals surface area (Å²) < 4.78 is 24.3. The summed E-state index contributed by atoms with van der Waals surface area (Å²) >= 11 is 0. The van der Waals surface area contributed by atoms with Crippen molar-refractivity contribution >= 4 is 8.80 Å². The fourth-order valence-corrected chi connectivity index (χ4v) is 6.29. The second kappa shape index (κ2) is 9.38. The third-order valence-electron chi connectivity index (χ3n) is 4.55. The van der Waals surface area contributed by atoms with Crippen molar-refractivity contribution in [3.05, 3.63) is 0 Å². The van der Waals surface area contributed by atoms with E-state index in [1.165, 1.54) is 19.3 Å². The zero-order valence-electron chi connectivity index (χ0n) is 14.6. The summed E-state index contributed by atoms with van der Waals surface area (Å²) in [7, 11) is -2.51. The van der Waals surface area contributed by atoms with Crippen LogP contribution in [0.25, 0.3) is 0 Å². The molecule has 2 fully saturated rings. The van der Waals surface area contributed by atoms with Crippen LogP contribution in [-0.2, 0) is 18.0 Å². The van der Waals surface area contributed by atoms with Crippen molar-refractivity contribution in [3.8, 4) is 0 Å². The molecule has 0 spiro atoms. The number of epoxide rings is 1. The molecule has 130 valence electrons. The Bertz CT molecular complexity index is 291. The highest BCUT2D eigenvalue weighted by atomic mass is 28.4. The summed E-state index contributed by atoms with van der Waals surface area (Å²) in [5.41, 5.74) is 0. The van der Waals surface area contributed by atoms with Gasteiger partial charge in [0, 0.05) is 25.9 Å². The number of fused-ring (bicyclic) bond motifs is 1. The van der Waals surface area contributed by atoms with Gasteiger partial charge in [-0.25, -0.2) is 0 Å². The number of hydrogen-bond acceptors (Lipinski definition) is 4. The molecule has 0 amide bonds. The molecule has 1 saturated carbocycles. The quantitative estimate of drug-likeness (QED) is 0.398. The Labute approximate surface area is 137 Å². The van der Waals surface area contributed by atoms with Crippen LogP contribution in [0.1, 0.15) is 65.7 Å². The second-order valence-electron chi connectivity index (χ2n) is 6.60. The molecular formula is C17H34O4Si. The summed E-state index contributed by atoms with van der Waals surface area (Å²) in [5.74, 6) is 0.686. The van der Waals surface area contributed by atoms with Crippen LogP contribution in [0.2, 0.25) is 6.04 Å². The molecule has 22 heavy (non-hydrogen) atoms. The molecule has 0 aromatic rings. The molecule has 1 heterocycles. The molecule has 2 aliphatic rings. The lowest BCUT2D eigenvalue weighted by Crippen LogP contribution is -2.47. The summed E-state index contributed by atoms with van der Waals surface area (Å²) in [6.07, 6.45) is 9.09. The van der Waals surface area contributed by atoms with Crippen LogP contribution in [-0.4, -0.2) is 40.8 Å². The van der Waals surface area contributed by atoms with Crippen LogP contribution < -0.4 is 0 Å². The lowest BCUT2D eigenvalue weighted by Gasteiger charge is -2.31. The van der Waals surface area contributed by atoms with Crippen molar-refractivity contribution in [3.63, 3.8) is 0 Å². The van der Waals surface area contributed by atoms with Gasteiger partial charge in [0.05, 0.1) is 12.2 Å². The van der Waals surface area contributed by atoms with Gasteiger partial charge >= 0.3 is 8.80 Å². The molecule has 2 rings (SSSR count). The predicted octanol–water partition coefficient (Wildman–Crippen LogP) is 4.16. The van der Waals surface area contributed by atoms with Gasteiger partial charge in [-0.3, -0.25) is 0 Å². The molecule has 1 aliphatic carbocycles. The van der Waals surface area contributed by atoms with Gasteiger partial charge in [0.1, 0.15) is 0 Å². The highest BCUT2D eigenvalue weighted by molar-refractivity contribution is 6.60. The van der Waals surface area contributed by atoms with Crippen LogP contribution in [0.4, 0.5) is 0 Å². The van der Waals surface area contributed by atoms with Crippen molar-refractivity contribution in [2.75, 3.05) is 19.8 Å². The topological polar surface area (TPSA) is 40.2 Å². The minimum Gasteiger partial charge on any atom is -0.373 e. The second-order valence-corrected chi connectivity index (χ2v) is 9.33. The summed E-state index contributed by atoms with van der Waals surface area (Å²) in [4.78, 5) is 0. The average molecular weight is 331 g/mol. The van der Waals surface area contributed by atoms with Gasteiger partial charge in [0.25, 0.3) is 0 Å². The third kappa shape index (κ3) is 5.30. The molecule has 1 aliphatic heterocycles. The van der Waals surface area contributed by atoms with Gasteiger partial charge in [-0.05, 0) is 44.4 Å². The van der Waals surface area contributed by atoms with E-state index < -0.39 is 8.80 Å². The first-order valence-corrected chi connectivity index (χ1v) is 11.2. The molecule has 1 saturated heterocycles. The van der Waals surface area contributed by atoms with Gasteiger partial charge in [-0.2, -0.15) is 0 Å². The molecular weight excluding hydrogens is 296 g/mol. The van der Waals surface area contributed by atoms with E-state index in [-0.39, 0.29) is 0 Å². The maximum Gasteiger partial charge on any atom is 0.500 e. The summed E-state index contributed by atoms with van der Waals surface area (Å²) in [6, 6.07) is 0.949. The maximum absolute atomic E-state index is 6.18. The fraction of sp³-hybridized carbons (Fsp3) is 1.00. The zero-order valence-corrected chi connectivity index (χ0v) is 15.6. The van der Waals surface area contributed by atoms with Crippen molar-refractivity contribution < 1.29 is 18.0 Å². The fourth-order valence-electron chi connectivity index (χ4n) is 3.33. The minimum atomic E-state index is -2.51. The lowest BCUT2D eigenvalue weighted by molar-refractivity contribution is 0.0571. The number of rotatable bonds is 12. The van der Waals surface area contributed by atoms with Gasteiger partial charge in [-0.15, -0.1) is 0 Å². The van der Waals surface area contributed by atoms with E-state index in [4.69, 9.17) is 18.0 Å². The van der Waals surface area contributed by atoms with Crippen LogP contribution >= 0.6 is 0 Å². The molecule has 0 aromatic heterocycles. The van der Waals surface area contributed by atoms with Crippen LogP contribution in [0.15, 0.2) is 0 Å². The van der Waals surface area contributed by atoms with E-state index in [9.17, 15) is 0 Å². The standard InChI is InChI=1S/C17H34O4Si/c1-4-11-18-22(19-12-5-2,20-13-6-3)14-10-15-8-7-9-16-17(15)21-16/h15-17H,4-14H2,1-3H3. The van der Waals surface area contributed by atoms with Gasteiger partial charge in [-0.1, -0.05) is 27.2 Å². The van der Waals surface area contributed by atoms with E-state index in [1.807, 2.05) is 0 Å². The van der Waals surface area contributed by atoms with Crippen LogP contribution in [0.3, 0.4) is 0 Å². The first-order chi connectivity index (χ1) is 10.7. The smallest absolute Gasteiger partial charge is 0.373 e. The Balaban J connectivity index is 1.90. The lowest BCUT2D eigenvalue weighted by atomic mass is 9.87. The molecule has 0 bridgehead atoms. The van der Waals surface area contributed by atoms with Crippen molar-refractivity contribution in [1.29, 1.82) is 0 Å². The third-order valence-corrected chi connectivity index (χ3v) is 7.38. The minimum absolute atomic E-state index is 0.518. The molecule has 0 aromatic carbocycles. The molecule has 0 radical (unpaired) electrons. The molecule has 3 atom stereocenters. The first kappa shape index (κ1) is 18.4. The Morgan fingerprint density at radius 1 is 0.909 bits per heavy atom. The van der Waals surface area contributed by atoms with E-state index in [2.05, 4.69) is 20.8 Å². The van der Waals surface area contributed by atoms with Gasteiger partial charge < -0.3 is 18.0 Å². The number of hydrogen-bond donors (Lipinski definition) is 0. The molecule has 4 nitrogen and oxygen atoms in total. The van der Waals surface area contributed by atoms with Crippen LogP contribution in [0.5, 0.6) is 0 Å². The Morgan fingerprint density at radius 2 is 1.50 bits per heavy atom. The Morgan fingerprint density at radius 3 is 2.05 bits per heavy atom. The highest BCUT2D eigenvalue weighted by Crippen LogP contribution is 2.43. The SMILES string of the molecule is CCCO[Si](CCC1CCCC2OC12)(OCCC)OCCC. The molecule has 0 N–H and O–H groups in total. The first-order valence-electron chi connectivity index (χ1n) is 9.32. The molecule has 5 heteroatoms. The summed E-state index contributed by atoms with van der Waals surface area (Å²) in [6.45, 7) is 8.65. The largest absolute Gasteiger partial charge is 0.500 e. The van der Waals surface area contributed by atoms with Crippen molar-refractivity contribution in [1.82, 2.24) is 0 Å². The van der Waals surface area contributed by atoms with Crippen molar-refractivity contribution in [2.45, 2.75) is 84.0 Å². The predicted molar refractivity (Wildman–Crippen MR) is 89.9 cm³/mol. The van der Waals surface area contributed by atoms with Crippen LogP contribution in [0, 0.1) is 5.92 Å². The van der Waals surface area contributed by atoms with E-state index in [0.29, 0.717) is 18.1 Å². The Hall–Kier alpha value is 0.0569. The Kier molecular flexibility index (Phi) is 7.84. The monoisotopic (exact) mass is 330 g/mol. The molecule has 3 unspecified atom stereocenters. The zero-order chi connectivity index (χ0) is 15.8. The van der Waals surface area contributed by atoms with Gasteiger partial charge in [0.2, 0.25) is 0 Å².